The minimum atomic E-state index is 0.249. The van der Waals surface area contributed by atoms with Crippen LogP contribution in [-0.2, 0) is 6.42 Å². The van der Waals surface area contributed by atoms with Gasteiger partial charge in [0.2, 0.25) is 0 Å². The molecule has 0 amide bonds. The highest BCUT2D eigenvalue weighted by Gasteiger charge is 2.04. The average molecular weight is 264 g/mol. The largest absolute Gasteiger partial charge is 0.293 e. The van der Waals surface area contributed by atoms with E-state index in [1.54, 1.807) is 11.8 Å². The van der Waals surface area contributed by atoms with Crippen LogP contribution in [0.25, 0.3) is 0 Å². The summed E-state index contributed by atoms with van der Waals surface area (Å²) in [6.45, 7) is 4.31. The van der Waals surface area contributed by atoms with Crippen LogP contribution in [-0.4, -0.2) is 17.3 Å². The number of hydrogen-bond acceptors (Lipinski definition) is 2. The molecule has 1 aromatic rings. The van der Waals surface area contributed by atoms with Gasteiger partial charge in [0.15, 0.2) is 5.78 Å². The molecular formula is C16H24OS. The summed E-state index contributed by atoms with van der Waals surface area (Å²) in [6.07, 6.45) is 6.31. The molecule has 0 saturated carbocycles. The molecule has 0 fully saturated rings. The van der Waals surface area contributed by atoms with Gasteiger partial charge in [-0.15, -0.1) is 0 Å². The van der Waals surface area contributed by atoms with Crippen LogP contribution in [0.2, 0.25) is 0 Å². The lowest BCUT2D eigenvalue weighted by atomic mass is 10.0. The lowest BCUT2D eigenvalue weighted by molar-refractivity contribution is 0.102. The molecule has 18 heavy (non-hydrogen) atoms. The van der Waals surface area contributed by atoms with Crippen LogP contribution in [0.15, 0.2) is 24.3 Å². The summed E-state index contributed by atoms with van der Waals surface area (Å²) < 4.78 is 0. The molecule has 2 heteroatoms. The number of carbonyl (C=O) groups excluding carboxylic acids is 1. The Balaban J connectivity index is 2.39. The summed E-state index contributed by atoms with van der Waals surface area (Å²) in [5.41, 5.74) is 2.21. The van der Waals surface area contributed by atoms with E-state index >= 15 is 0 Å². The Labute approximate surface area is 115 Å². The van der Waals surface area contributed by atoms with E-state index < -0.39 is 0 Å². The maximum Gasteiger partial charge on any atom is 0.172 e. The molecule has 1 nitrogen and oxygen atoms in total. The van der Waals surface area contributed by atoms with E-state index in [2.05, 4.69) is 26.0 Å². The molecule has 1 rings (SSSR count). The lowest BCUT2D eigenvalue weighted by Crippen LogP contribution is -2.02. The van der Waals surface area contributed by atoms with Gasteiger partial charge in [-0.3, -0.25) is 4.79 Å². The molecule has 0 atom stereocenters. The van der Waals surface area contributed by atoms with E-state index in [4.69, 9.17) is 0 Å². The average Bonchev–Trinajstić information content (AvgIpc) is 2.41. The van der Waals surface area contributed by atoms with E-state index in [1.165, 1.54) is 31.2 Å². The first-order valence-corrected chi connectivity index (χ1v) is 8.13. The standard InChI is InChI=1S/C16H24OS/c1-3-5-6-7-8-14-9-11-15(12-10-14)16(17)13-18-4-2/h9-12H,3-8,13H2,1-2H3. The van der Waals surface area contributed by atoms with Crippen molar-refractivity contribution in [1.82, 2.24) is 0 Å². The van der Waals surface area contributed by atoms with Crippen molar-refractivity contribution in [3.05, 3.63) is 35.4 Å². The van der Waals surface area contributed by atoms with Crippen LogP contribution in [0.1, 0.15) is 55.5 Å². The molecule has 0 N–H and O–H groups in total. The van der Waals surface area contributed by atoms with E-state index in [-0.39, 0.29) is 5.78 Å². The van der Waals surface area contributed by atoms with E-state index in [0.29, 0.717) is 5.75 Å². The Morgan fingerprint density at radius 3 is 2.39 bits per heavy atom. The summed E-state index contributed by atoms with van der Waals surface area (Å²) in [7, 11) is 0. The first-order valence-electron chi connectivity index (χ1n) is 6.97. The molecule has 0 aromatic heterocycles. The monoisotopic (exact) mass is 264 g/mol. The highest BCUT2D eigenvalue weighted by molar-refractivity contribution is 7.99. The van der Waals surface area contributed by atoms with Gasteiger partial charge in [0.05, 0.1) is 5.75 Å². The number of thioether (sulfide) groups is 1. The van der Waals surface area contributed by atoms with Crippen LogP contribution in [0.3, 0.4) is 0 Å². The number of ketones is 1. The molecule has 0 unspecified atom stereocenters. The highest BCUT2D eigenvalue weighted by Crippen LogP contribution is 2.12. The molecular weight excluding hydrogens is 240 g/mol. The van der Waals surface area contributed by atoms with Gasteiger partial charge in [-0.1, -0.05) is 57.4 Å². The first-order chi connectivity index (χ1) is 8.77. The third-order valence-corrected chi connectivity index (χ3v) is 3.91. The molecule has 0 radical (unpaired) electrons. The van der Waals surface area contributed by atoms with Crippen LogP contribution in [0.5, 0.6) is 0 Å². The number of rotatable bonds is 9. The second-order valence-electron chi connectivity index (χ2n) is 4.57. The van der Waals surface area contributed by atoms with Gasteiger partial charge in [0.25, 0.3) is 0 Å². The van der Waals surface area contributed by atoms with Gasteiger partial charge in [-0.05, 0) is 24.2 Å². The fourth-order valence-electron chi connectivity index (χ4n) is 1.89. The Kier molecular flexibility index (Phi) is 7.83. The number of Topliss-reactive ketones (excluding diaryl/α,β-unsaturated/α-hetero) is 1. The minimum absolute atomic E-state index is 0.249. The molecule has 0 aliphatic carbocycles. The highest BCUT2D eigenvalue weighted by atomic mass is 32.2. The molecule has 0 aliphatic heterocycles. The van der Waals surface area contributed by atoms with Crippen LogP contribution in [0.4, 0.5) is 0 Å². The van der Waals surface area contributed by atoms with Crippen LogP contribution in [0, 0.1) is 0 Å². The maximum atomic E-state index is 11.8. The number of hydrogen-bond donors (Lipinski definition) is 0. The zero-order chi connectivity index (χ0) is 13.2. The number of unbranched alkanes of at least 4 members (excludes halogenated alkanes) is 3. The van der Waals surface area contributed by atoms with Gasteiger partial charge >= 0.3 is 0 Å². The Morgan fingerprint density at radius 2 is 1.78 bits per heavy atom. The van der Waals surface area contributed by atoms with Crippen molar-refractivity contribution < 1.29 is 4.79 Å². The van der Waals surface area contributed by atoms with Crippen molar-refractivity contribution in [2.45, 2.75) is 46.0 Å². The quantitative estimate of drug-likeness (QED) is 0.473. The van der Waals surface area contributed by atoms with Gasteiger partial charge in [-0.25, -0.2) is 0 Å². The SMILES string of the molecule is CCCCCCc1ccc(C(=O)CSCC)cc1. The smallest absolute Gasteiger partial charge is 0.172 e. The Morgan fingerprint density at radius 1 is 1.06 bits per heavy atom. The summed E-state index contributed by atoms with van der Waals surface area (Å²) in [4.78, 5) is 11.8. The van der Waals surface area contributed by atoms with Crippen molar-refractivity contribution in [3.8, 4) is 0 Å². The number of aryl methyl sites for hydroxylation is 1. The molecule has 1 aromatic carbocycles. The van der Waals surface area contributed by atoms with E-state index in [9.17, 15) is 4.79 Å². The third-order valence-electron chi connectivity index (χ3n) is 3.03. The lowest BCUT2D eigenvalue weighted by Gasteiger charge is -2.03. The zero-order valence-corrected chi connectivity index (χ0v) is 12.4. The van der Waals surface area contributed by atoms with Crippen molar-refractivity contribution in [2.24, 2.45) is 0 Å². The topological polar surface area (TPSA) is 17.1 Å². The maximum absolute atomic E-state index is 11.8. The van der Waals surface area contributed by atoms with Crippen LogP contribution >= 0.6 is 11.8 Å². The van der Waals surface area contributed by atoms with Gasteiger partial charge in [-0.2, -0.15) is 11.8 Å². The zero-order valence-electron chi connectivity index (χ0n) is 11.6. The van der Waals surface area contributed by atoms with Gasteiger partial charge in [0.1, 0.15) is 0 Å². The fraction of sp³-hybridized carbons (Fsp3) is 0.562. The van der Waals surface area contributed by atoms with E-state index in [0.717, 1.165) is 17.7 Å². The second-order valence-corrected chi connectivity index (χ2v) is 5.84. The predicted octanol–water partition coefficient (Wildman–Crippen LogP) is 4.75. The van der Waals surface area contributed by atoms with Crippen LogP contribution < -0.4 is 0 Å². The van der Waals surface area contributed by atoms with E-state index in [1.807, 2.05) is 12.1 Å². The van der Waals surface area contributed by atoms with Crippen molar-refractivity contribution in [1.29, 1.82) is 0 Å². The minimum Gasteiger partial charge on any atom is -0.293 e. The fourth-order valence-corrected chi connectivity index (χ4v) is 2.45. The molecule has 0 heterocycles. The molecule has 0 aliphatic rings. The Bertz CT molecular complexity index is 343. The summed E-state index contributed by atoms with van der Waals surface area (Å²) in [6, 6.07) is 8.17. The van der Waals surface area contributed by atoms with Gasteiger partial charge < -0.3 is 0 Å². The summed E-state index contributed by atoms with van der Waals surface area (Å²) in [5.74, 6) is 1.85. The summed E-state index contributed by atoms with van der Waals surface area (Å²) in [5, 5.41) is 0. The predicted molar refractivity (Wildman–Crippen MR) is 81.6 cm³/mol. The number of carbonyl (C=O) groups is 1. The van der Waals surface area contributed by atoms with Crippen molar-refractivity contribution in [2.75, 3.05) is 11.5 Å². The normalized spacial score (nSPS) is 10.6. The molecule has 0 bridgehead atoms. The van der Waals surface area contributed by atoms with Gasteiger partial charge in [0, 0.05) is 5.56 Å². The first kappa shape index (κ1) is 15.3. The molecule has 0 spiro atoms. The summed E-state index contributed by atoms with van der Waals surface area (Å²) >= 11 is 1.69. The Hall–Kier alpha value is -0.760. The number of benzene rings is 1. The molecule has 0 saturated heterocycles. The van der Waals surface area contributed by atoms with Crippen molar-refractivity contribution in [3.63, 3.8) is 0 Å². The second kappa shape index (κ2) is 9.21. The third kappa shape index (κ3) is 5.72. The van der Waals surface area contributed by atoms with Crippen molar-refractivity contribution >= 4 is 17.5 Å². The molecule has 100 valence electrons.